The van der Waals surface area contributed by atoms with Crippen molar-refractivity contribution in [2.45, 2.75) is 18.4 Å². The number of rotatable bonds is 6. The molecule has 9 nitrogen and oxygen atoms in total. The smallest absolute Gasteiger partial charge is 0.252 e. The number of hydrogen-bond acceptors (Lipinski definition) is 8. The molecule has 0 atom stereocenters. The van der Waals surface area contributed by atoms with Crippen LogP contribution < -0.4 is 15.5 Å². The highest BCUT2D eigenvalue weighted by molar-refractivity contribution is 7.14. The second kappa shape index (κ2) is 10.3. The van der Waals surface area contributed by atoms with Crippen LogP contribution in [0.3, 0.4) is 0 Å². The first kappa shape index (κ1) is 23.2. The molecule has 2 amide bonds. The van der Waals surface area contributed by atoms with Crippen LogP contribution in [0.4, 0.5) is 5.13 Å². The van der Waals surface area contributed by atoms with Crippen molar-refractivity contribution >= 4 is 28.3 Å². The summed E-state index contributed by atoms with van der Waals surface area (Å²) in [5.74, 6) is -0.678. The maximum Gasteiger partial charge on any atom is 0.252 e. The molecular weight excluding hydrogens is 440 g/mol. The normalized spacial score (nSPS) is 18.4. The van der Waals surface area contributed by atoms with Crippen molar-refractivity contribution in [2.75, 3.05) is 57.9 Å². The molecule has 1 aromatic carbocycles. The van der Waals surface area contributed by atoms with E-state index in [9.17, 15) is 9.59 Å². The Morgan fingerprint density at radius 2 is 1.88 bits per heavy atom. The number of nitrogens with zero attached hydrogens (tertiary/aromatic N) is 4. The molecule has 0 spiro atoms. The van der Waals surface area contributed by atoms with Crippen LogP contribution in [0.5, 0.6) is 0 Å². The van der Waals surface area contributed by atoms with E-state index in [1.54, 1.807) is 23.5 Å². The predicted molar refractivity (Wildman–Crippen MR) is 126 cm³/mol. The molecule has 2 aliphatic heterocycles. The minimum Gasteiger partial charge on any atom is -0.381 e. The highest BCUT2D eigenvalue weighted by Gasteiger charge is 2.41. The minimum absolute atomic E-state index is 0.101. The Hall–Kier alpha value is -3.00. The topological polar surface area (TPSA) is 111 Å². The molecule has 0 radical (unpaired) electrons. The fourth-order valence-electron chi connectivity index (χ4n) is 4.04. The molecular formula is C23H28N6O3S. The van der Waals surface area contributed by atoms with Gasteiger partial charge in [-0.1, -0.05) is 12.1 Å². The lowest BCUT2D eigenvalue weighted by atomic mass is 9.88. The molecule has 2 saturated heterocycles. The average molecular weight is 469 g/mol. The molecule has 33 heavy (non-hydrogen) atoms. The van der Waals surface area contributed by atoms with Gasteiger partial charge in [0.15, 0.2) is 5.13 Å². The number of nitriles is 1. The molecule has 4 rings (SSSR count). The Kier molecular flexibility index (Phi) is 7.23. The summed E-state index contributed by atoms with van der Waals surface area (Å²) in [6.07, 6.45) is 0.726. The summed E-state index contributed by atoms with van der Waals surface area (Å²) in [5, 5.41) is 17.3. The minimum atomic E-state index is -1.07. The van der Waals surface area contributed by atoms with Gasteiger partial charge in [0.2, 0.25) is 5.91 Å². The van der Waals surface area contributed by atoms with Crippen molar-refractivity contribution in [2.24, 2.45) is 0 Å². The number of nitrogens with one attached hydrogen (secondary N) is 2. The maximum atomic E-state index is 13.0. The van der Waals surface area contributed by atoms with Crippen molar-refractivity contribution in [3.63, 3.8) is 0 Å². The van der Waals surface area contributed by atoms with E-state index in [-0.39, 0.29) is 18.4 Å². The second-order valence-corrected chi connectivity index (χ2v) is 9.21. The van der Waals surface area contributed by atoms with Crippen LogP contribution in [0.25, 0.3) is 11.3 Å². The summed E-state index contributed by atoms with van der Waals surface area (Å²) in [6.45, 7) is 4.64. The van der Waals surface area contributed by atoms with Crippen LogP contribution in [0.1, 0.15) is 23.2 Å². The summed E-state index contributed by atoms with van der Waals surface area (Å²) in [5.41, 5.74) is 1.22. The molecule has 2 fully saturated rings. The number of aromatic nitrogens is 1. The molecule has 0 unspecified atom stereocenters. The van der Waals surface area contributed by atoms with Gasteiger partial charge in [-0.15, -0.1) is 11.3 Å². The van der Waals surface area contributed by atoms with E-state index < -0.39 is 5.54 Å². The van der Waals surface area contributed by atoms with Gasteiger partial charge in [0.1, 0.15) is 12.1 Å². The fraction of sp³-hybridized carbons (Fsp3) is 0.478. The number of thiazole rings is 1. The van der Waals surface area contributed by atoms with Crippen molar-refractivity contribution in [1.82, 2.24) is 20.5 Å². The van der Waals surface area contributed by atoms with Gasteiger partial charge in [-0.25, -0.2) is 4.98 Å². The number of piperazine rings is 1. The number of carbonyl (C=O) groups excluding carboxylic acids is 2. The Morgan fingerprint density at radius 1 is 1.18 bits per heavy atom. The summed E-state index contributed by atoms with van der Waals surface area (Å²) >= 11 is 1.63. The summed E-state index contributed by atoms with van der Waals surface area (Å²) in [4.78, 5) is 35.1. The number of hydrogen-bond donors (Lipinski definition) is 2. The molecule has 0 aliphatic carbocycles. The van der Waals surface area contributed by atoms with Crippen LogP contribution >= 0.6 is 11.3 Å². The van der Waals surface area contributed by atoms with E-state index in [0.717, 1.165) is 42.6 Å². The van der Waals surface area contributed by atoms with Crippen LogP contribution in [-0.2, 0) is 9.53 Å². The molecule has 0 bridgehead atoms. The highest BCUT2D eigenvalue weighted by Crippen LogP contribution is 2.28. The third-order valence-corrected chi connectivity index (χ3v) is 7.07. The predicted octanol–water partition coefficient (Wildman–Crippen LogP) is 1.48. The first-order valence-electron chi connectivity index (χ1n) is 11.1. The highest BCUT2D eigenvalue weighted by atomic mass is 32.1. The van der Waals surface area contributed by atoms with Gasteiger partial charge in [-0.2, -0.15) is 5.26 Å². The van der Waals surface area contributed by atoms with E-state index in [1.807, 2.05) is 23.6 Å². The Morgan fingerprint density at radius 3 is 2.55 bits per heavy atom. The second-order valence-electron chi connectivity index (χ2n) is 8.37. The van der Waals surface area contributed by atoms with E-state index in [4.69, 9.17) is 15.0 Å². The average Bonchev–Trinajstić information content (AvgIpc) is 3.34. The van der Waals surface area contributed by atoms with Crippen LogP contribution in [0.2, 0.25) is 0 Å². The van der Waals surface area contributed by atoms with Crippen molar-refractivity contribution in [3.8, 4) is 17.3 Å². The first-order chi connectivity index (χ1) is 16.0. The molecule has 2 aliphatic rings. The van der Waals surface area contributed by atoms with E-state index >= 15 is 0 Å². The number of carbonyl (C=O) groups is 2. The van der Waals surface area contributed by atoms with Gasteiger partial charge < -0.3 is 25.2 Å². The molecule has 2 N–H and O–H groups in total. The summed E-state index contributed by atoms with van der Waals surface area (Å²) < 4.78 is 5.37. The van der Waals surface area contributed by atoms with Gasteiger partial charge in [-0.05, 0) is 19.2 Å². The Balaban J connectivity index is 1.44. The van der Waals surface area contributed by atoms with Gasteiger partial charge in [0, 0.05) is 68.7 Å². The maximum absolute atomic E-state index is 13.0. The van der Waals surface area contributed by atoms with Gasteiger partial charge in [0.25, 0.3) is 5.91 Å². The third-order valence-electron chi connectivity index (χ3n) is 6.17. The number of anilines is 1. The summed E-state index contributed by atoms with van der Waals surface area (Å²) in [6, 6.07) is 9.16. The van der Waals surface area contributed by atoms with Gasteiger partial charge >= 0.3 is 0 Å². The van der Waals surface area contributed by atoms with Crippen molar-refractivity contribution in [3.05, 3.63) is 35.2 Å². The number of ether oxygens (including phenoxy) is 1. The number of amides is 2. The zero-order valence-corrected chi connectivity index (χ0v) is 19.5. The summed E-state index contributed by atoms with van der Waals surface area (Å²) in [7, 11) is 2.13. The molecule has 10 heteroatoms. The van der Waals surface area contributed by atoms with Crippen molar-refractivity contribution < 1.29 is 14.3 Å². The number of benzene rings is 1. The largest absolute Gasteiger partial charge is 0.381 e. The Labute approximate surface area is 197 Å². The molecule has 1 aromatic heterocycles. The molecule has 3 heterocycles. The fourth-order valence-corrected chi connectivity index (χ4v) is 4.93. The first-order valence-corrected chi connectivity index (χ1v) is 11.9. The lowest BCUT2D eigenvalue weighted by molar-refractivity contribution is -0.130. The lowest BCUT2D eigenvalue weighted by Crippen LogP contribution is -2.61. The molecule has 174 valence electrons. The quantitative estimate of drug-likeness (QED) is 0.618. The van der Waals surface area contributed by atoms with Crippen LogP contribution in [0, 0.1) is 11.3 Å². The number of likely N-dealkylation sites (N-methyl/N-ethyl adjacent to an activating group) is 1. The van der Waals surface area contributed by atoms with Crippen LogP contribution in [0.15, 0.2) is 29.6 Å². The standard InChI is InChI=1S/C23H28N6O3S/c1-28-10-12-29(13-11-28)22-26-19(16-33-22)17-2-4-18(5-3-17)20(30)27-23(6-14-32-15-7-23)21(31)25-9-8-24/h2-5,16H,6-7,9-15H2,1H3,(H,25,31)(H,27,30). The molecule has 0 saturated carbocycles. The monoisotopic (exact) mass is 468 g/mol. The van der Waals surface area contributed by atoms with Gasteiger partial charge in [-0.3, -0.25) is 9.59 Å². The third kappa shape index (κ3) is 5.33. The zero-order valence-electron chi connectivity index (χ0n) is 18.7. The van der Waals surface area contributed by atoms with Crippen molar-refractivity contribution in [1.29, 1.82) is 5.26 Å². The van der Waals surface area contributed by atoms with Crippen LogP contribution in [-0.4, -0.2) is 80.2 Å². The molecule has 2 aromatic rings. The zero-order chi connectivity index (χ0) is 23.3. The van der Waals surface area contributed by atoms with E-state index in [1.165, 1.54) is 0 Å². The Bertz CT molecular complexity index is 1020. The van der Waals surface area contributed by atoms with Gasteiger partial charge in [0.05, 0.1) is 11.8 Å². The lowest BCUT2D eigenvalue weighted by Gasteiger charge is -2.36. The van der Waals surface area contributed by atoms with E-state index in [0.29, 0.717) is 31.6 Å². The van der Waals surface area contributed by atoms with E-state index in [2.05, 4.69) is 27.5 Å². The SMILES string of the molecule is CN1CCN(c2nc(-c3ccc(C(=O)NC4(C(=O)NCC#N)CCOCC4)cc3)cs2)CC1.